The molecule has 128 valence electrons. The fourth-order valence-corrected chi connectivity index (χ4v) is 2.34. The van der Waals surface area contributed by atoms with E-state index in [1.165, 1.54) is 0 Å². The van der Waals surface area contributed by atoms with Crippen molar-refractivity contribution in [1.82, 2.24) is 5.32 Å². The van der Waals surface area contributed by atoms with Crippen LogP contribution >= 0.6 is 0 Å². The zero-order chi connectivity index (χ0) is 17.3. The number of carbonyl (C=O) groups is 1. The van der Waals surface area contributed by atoms with Gasteiger partial charge in [-0.2, -0.15) is 26.3 Å². The monoisotopic (exact) mass is 341 g/mol. The highest BCUT2D eigenvalue weighted by atomic mass is 19.4. The second-order valence-electron chi connectivity index (χ2n) is 5.13. The maximum atomic E-state index is 13.2. The van der Waals surface area contributed by atoms with E-state index in [9.17, 15) is 31.1 Å². The first-order chi connectivity index (χ1) is 10.6. The predicted molar refractivity (Wildman–Crippen MR) is 67.3 cm³/mol. The molecule has 1 aliphatic heterocycles. The highest BCUT2D eigenvalue weighted by Crippen LogP contribution is 2.40. The maximum Gasteiger partial charge on any atom is 0.416 e. The number of hydrogen-bond donors (Lipinski definition) is 1. The summed E-state index contributed by atoms with van der Waals surface area (Å²) in [5.41, 5.74) is -2.45. The highest BCUT2D eigenvalue weighted by molar-refractivity contribution is 5.79. The van der Waals surface area contributed by atoms with Crippen molar-refractivity contribution in [2.24, 2.45) is 5.92 Å². The first kappa shape index (κ1) is 17.6. The zero-order valence-corrected chi connectivity index (χ0v) is 11.7. The van der Waals surface area contributed by atoms with E-state index in [0.717, 1.165) is 12.1 Å². The van der Waals surface area contributed by atoms with Crippen molar-refractivity contribution in [3.05, 3.63) is 35.4 Å². The van der Waals surface area contributed by atoms with Crippen LogP contribution in [0.1, 0.15) is 23.6 Å². The third kappa shape index (κ3) is 4.15. The van der Waals surface area contributed by atoms with Crippen molar-refractivity contribution in [1.29, 1.82) is 0 Å². The van der Waals surface area contributed by atoms with E-state index in [-0.39, 0.29) is 19.6 Å². The number of rotatable bonds is 3. The molecule has 0 bridgehead atoms. The Morgan fingerprint density at radius 3 is 2.35 bits per heavy atom. The molecule has 2 atom stereocenters. The van der Waals surface area contributed by atoms with E-state index < -0.39 is 41.3 Å². The van der Waals surface area contributed by atoms with Gasteiger partial charge in [0.15, 0.2) is 6.04 Å². The standard InChI is InChI=1S/C14H13F6NO2/c15-13(16,17)10-4-2-1-3-9(10)11(14(18,19)20)21-12(22)8-5-6-23-7-8/h1-4,8,11H,5-7H2,(H,21,22)/t8-,11+/m1/s1. The molecule has 9 heteroatoms. The average molecular weight is 341 g/mol. The second kappa shape index (κ2) is 6.38. The molecule has 2 rings (SSSR count). The first-order valence-electron chi connectivity index (χ1n) is 6.71. The van der Waals surface area contributed by atoms with Crippen LogP contribution < -0.4 is 5.32 Å². The van der Waals surface area contributed by atoms with Crippen molar-refractivity contribution in [3.8, 4) is 0 Å². The average Bonchev–Trinajstić information content (AvgIpc) is 2.96. The lowest BCUT2D eigenvalue weighted by Gasteiger charge is -2.26. The van der Waals surface area contributed by atoms with Crippen LogP contribution in [0.4, 0.5) is 26.3 Å². The summed E-state index contributed by atoms with van der Waals surface area (Å²) < 4.78 is 83.3. The van der Waals surface area contributed by atoms with Gasteiger partial charge in [0.25, 0.3) is 0 Å². The Kier molecular flexibility index (Phi) is 4.88. The quantitative estimate of drug-likeness (QED) is 0.855. The Labute approximate surface area is 127 Å². The van der Waals surface area contributed by atoms with E-state index in [2.05, 4.69) is 0 Å². The largest absolute Gasteiger partial charge is 0.416 e. The van der Waals surface area contributed by atoms with Crippen LogP contribution in [0.15, 0.2) is 24.3 Å². The van der Waals surface area contributed by atoms with Crippen molar-refractivity contribution in [2.75, 3.05) is 13.2 Å². The lowest BCUT2D eigenvalue weighted by atomic mass is 9.98. The van der Waals surface area contributed by atoms with Crippen LogP contribution in [0, 0.1) is 5.92 Å². The van der Waals surface area contributed by atoms with Gasteiger partial charge >= 0.3 is 12.4 Å². The Hall–Kier alpha value is -1.77. The minimum absolute atomic E-state index is 0.0443. The molecule has 1 fully saturated rings. The van der Waals surface area contributed by atoms with Crippen molar-refractivity contribution in [2.45, 2.75) is 24.8 Å². The Balaban J connectivity index is 2.35. The molecule has 1 heterocycles. The van der Waals surface area contributed by atoms with Crippen molar-refractivity contribution in [3.63, 3.8) is 0 Å². The number of hydrogen-bond acceptors (Lipinski definition) is 2. The van der Waals surface area contributed by atoms with Gasteiger partial charge in [0, 0.05) is 6.61 Å². The minimum Gasteiger partial charge on any atom is -0.381 e. The van der Waals surface area contributed by atoms with Crippen LogP contribution in [0.2, 0.25) is 0 Å². The molecule has 0 saturated carbocycles. The van der Waals surface area contributed by atoms with Gasteiger partial charge in [-0.1, -0.05) is 18.2 Å². The summed E-state index contributed by atoms with van der Waals surface area (Å²) in [5, 5.41) is 1.68. The molecule has 3 nitrogen and oxygen atoms in total. The van der Waals surface area contributed by atoms with E-state index in [0.29, 0.717) is 12.1 Å². The summed E-state index contributed by atoms with van der Waals surface area (Å²) in [4.78, 5) is 11.9. The van der Waals surface area contributed by atoms with Gasteiger partial charge in [0.1, 0.15) is 0 Å². The van der Waals surface area contributed by atoms with Crippen LogP contribution in [0.5, 0.6) is 0 Å². The summed E-state index contributed by atoms with van der Waals surface area (Å²) in [7, 11) is 0. The third-order valence-electron chi connectivity index (χ3n) is 3.49. The van der Waals surface area contributed by atoms with E-state index in [1.807, 2.05) is 0 Å². The number of nitrogens with one attached hydrogen (secondary N) is 1. The third-order valence-corrected chi connectivity index (χ3v) is 3.49. The Morgan fingerprint density at radius 2 is 1.83 bits per heavy atom. The number of carbonyl (C=O) groups excluding carboxylic acids is 1. The van der Waals surface area contributed by atoms with Crippen LogP contribution in [-0.2, 0) is 15.7 Å². The molecule has 23 heavy (non-hydrogen) atoms. The Bertz CT molecular complexity index is 563. The first-order valence-corrected chi connectivity index (χ1v) is 6.71. The number of alkyl halides is 6. The number of halogens is 6. The normalized spacial score (nSPS) is 20.3. The lowest BCUT2D eigenvalue weighted by molar-refractivity contribution is -0.168. The molecule has 1 saturated heterocycles. The second-order valence-corrected chi connectivity index (χ2v) is 5.13. The van der Waals surface area contributed by atoms with Gasteiger partial charge < -0.3 is 10.1 Å². The number of amides is 1. The topological polar surface area (TPSA) is 38.3 Å². The minimum atomic E-state index is -5.06. The highest BCUT2D eigenvalue weighted by Gasteiger charge is 2.47. The molecule has 1 N–H and O–H groups in total. The molecule has 1 amide bonds. The summed E-state index contributed by atoms with van der Waals surface area (Å²) in [6, 6.07) is 0.597. The maximum absolute atomic E-state index is 13.2. The SMILES string of the molecule is O=C(N[C@@H](c1ccccc1C(F)(F)F)C(F)(F)F)[C@@H]1CCOC1. The molecule has 1 aromatic carbocycles. The fraction of sp³-hybridized carbons (Fsp3) is 0.500. The molecule has 0 aromatic heterocycles. The van der Waals surface area contributed by atoms with Crippen molar-refractivity contribution < 1.29 is 35.9 Å². The van der Waals surface area contributed by atoms with E-state index >= 15 is 0 Å². The summed E-state index contributed by atoms with van der Waals surface area (Å²) >= 11 is 0. The molecule has 0 spiro atoms. The van der Waals surface area contributed by atoms with Crippen LogP contribution in [-0.4, -0.2) is 25.3 Å². The molecular weight excluding hydrogens is 328 g/mol. The summed E-state index contributed by atoms with van der Waals surface area (Å²) in [6.07, 6.45) is -9.78. The van der Waals surface area contributed by atoms with E-state index in [1.54, 1.807) is 5.32 Å². The van der Waals surface area contributed by atoms with Gasteiger partial charge in [-0.05, 0) is 18.1 Å². The van der Waals surface area contributed by atoms with Crippen LogP contribution in [0.3, 0.4) is 0 Å². The molecular formula is C14H13F6NO2. The van der Waals surface area contributed by atoms with Crippen LogP contribution in [0.25, 0.3) is 0 Å². The van der Waals surface area contributed by atoms with Crippen molar-refractivity contribution >= 4 is 5.91 Å². The van der Waals surface area contributed by atoms with Gasteiger partial charge in [0.05, 0.1) is 18.1 Å². The van der Waals surface area contributed by atoms with Gasteiger partial charge in [-0.15, -0.1) is 0 Å². The van der Waals surface area contributed by atoms with Gasteiger partial charge in [-0.25, -0.2) is 0 Å². The molecule has 0 aliphatic carbocycles. The smallest absolute Gasteiger partial charge is 0.381 e. The number of ether oxygens (including phenoxy) is 1. The zero-order valence-electron chi connectivity index (χ0n) is 11.7. The predicted octanol–water partition coefficient (Wildman–Crippen LogP) is 3.46. The summed E-state index contributed by atoms with van der Waals surface area (Å²) in [5.74, 6) is -1.76. The Morgan fingerprint density at radius 1 is 1.17 bits per heavy atom. The molecule has 0 radical (unpaired) electrons. The number of benzene rings is 1. The van der Waals surface area contributed by atoms with Gasteiger partial charge in [-0.3, -0.25) is 4.79 Å². The summed E-state index contributed by atoms with van der Waals surface area (Å²) in [6.45, 7) is 0.186. The molecule has 0 unspecified atom stereocenters. The fourth-order valence-electron chi connectivity index (χ4n) is 2.34. The molecule has 1 aromatic rings. The lowest BCUT2D eigenvalue weighted by Crippen LogP contribution is -2.42. The van der Waals surface area contributed by atoms with E-state index in [4.69, 9.17) is 4.74 Å². The van der Waals surface area contributed by atoms with Gasteiger partial charge in [0.2, 0.25) is 5.91 Å². The molecule has 1 aliphatic rings.